The van der Waals surface area contributed by atoms with Crippen molar-refractivity contribution in [3.8, 4) is 11.5 Å². The highest BCUT2D eigenvalue weighted by Gasteiger charge is 2.26. The summed E-state index contributed by atoms with van der Waals surface area (Å²) in [5.41, 5.74) is -0.0494. The third kappa shape index (κ3) is 1.69. The van der Waals surface area contributed by atoms with Gasteiger partial charge in [0, 0.05) is 0 Å². The lowest BCUT2D eigenvalue weighted by Crippen LogP contribution is -2.20. The highest BCUT2D eigenvalue weighted by molar-refractivity contribution is 6.41. The Balaban J connectivity index is 2.55. The molecule has 0 radical (unpaired) electrons. The lowest BCUT2D eigenvalue weighted by molar-refractivity contribution is -0.131. The van der Waals surface area contributed by atoms with E-state index in [1.165, 1.54) is 12.1 Å². The Kier molecular flexibility index (Phi) is 2.70. The van der Waals surface area contributed by atoms with Gasteiger partial charge in [-0.3, -0.25) is 4.79 Å². The van der Waals surface area contributed by atoms with Gasteiger partial charge in [-0.05, 0) is 12.1 Å². The summed E-state index contributed by atoms with van der Waals surface area (Å²) >= 11 is 5.83. The molecular formula is C10H7ClO5. The molecule has 1 aromatic rings. The first-order valence-corrected chi connectivity index (χ1v) is 4.85. The second kappa shape index (κ2) is 4.02. The molecule has 1 aliphatic heterocycles. The summed E-state index contributed by atoms with van der Waals surface area (Å²) in [6.07, 6.45) is 0. The normalized spacial score (nSPS) is 13.3. The summed E-state index contributed by atoms with van der Waals surface area (Å²) in [7, 11) is 0. The van der Waals surface area contributed by atoms with Crippen LogP contribution in [0.5, 0.6) is 11.5 Å². The molecule has 0 saturated heterocycles. The molecule has 0 aromatic heterocycles. The molecule has 6 heteroatoms. The highest BCUT2D eigenvalue weighted by Crippen LogP contribution is 2.40. The van der Waals surface area contributed by atoms with Crippen LogP contribution in [0.1, 0.15) is 10.4 Å². The van der Waals surface area contributed by atoms with E-state index in [0.717, 1.165) is 0 Å². The van der Waals surface area contributed by atoms with E-state index in [1.54, 1.807) is 0 Å². The van der Waals surface area contributed by atoms with Gasteiger partial charge < -0.3 is 14.6 Å². The van der Waals surface area contributed by atoms with Crippen molar-refractivity contribution >= 4 is 23.4 Å². The number of carboxylic acids is 1. The minimum absolute atomic E-state index is 0.0494. The maximum absolute atomic E-state index is 11.3. The monoisotopic (exact) mass is 242 g/mol. The Bertz CT molecular complexity index is 469. The number of carbonyl (C=O) groups is 2. The van der Waals surface area contributed by atoms with E-state index in [9.17, 15) is 9.59 Å². The van der Waals surface area contributed by atoms with Crippen LogP contribution in [-0.2, 0) is 4.79 Å². The maximum Gasteiger partial charge on any atom is 0.377 e. The standard InChI is InChI=1S/C10H7ClO5/c11-6-2-1-5(7(12)10(13)14)8-9(6)16-4-3-15-8/h1-2H,3-4H2,(H,13,14). The van der Waals surface area contributed by atoms with E-state index < -0.39 is 11.8 Å². The molecule has 0 saturated carbocycles. The molecule has 1 aromatic carbocycles. The highest BCUT2D eigenvalue weighted by atomic mass is 35.5. The van der Waals surface area contributed by atoms with Gasteiger partial charge >= 0.3 is 5.97 Å². The molecule has 5 nitrogen and oxygen atoms in total. The molecule has 0 aliphatic carbocycles. The third-order valence-corrected chi connectivity index (χ3v) is 2.38. The zero-order valence-electron chi connectivity index (χ0n) is 8.03. The fourth-order valence-corrected chi connectivity index (χ4v) is 1.60. The minimum atomic E-state index is -1.54. The van der Waals surface area contributed by atoms with Crippen LogP contribution in [0, 0.1) is 0 Å². The molecule has 0 bridgehead atoms. The Hall–Kier alpha value is -1.75. The van der Waals surface area contributed by atoms with Crippen LogP contribution in [0.25, 0.3) is 0 Å². The quantitative estimate of drug-likeness (QED) is 0.627. The summed E-state index contributed by atoms with van der Waals surface area (Å²) in [6, 6.07) is 2.72. The van der Waals surface area contributed by atoms with Crippen molar-refractivity contribution in [2.24, 2.45) is 0 Å². The van der Waals surface area contributed by atoms with Crippen LogP contribution in [0.4, 0.5) is 0 Å². The van der Waals surface area contributed by atoms with Gasteiger partial charge in [0.15, 0.2) is 11.5 Å². The number of carbonyl (C=O) groups excluding carboxylic acids is 1. The Morgan fingerprint density at radius 2 is 1.81 bits per heavy atom. The largest absolute Gasteiger partial charge is 0.485 e. The Morgan fingerprint density at radius 3 is 2.44 bits per heavy atom. The van der Waals surface area contributed by atoms with Gasteiger partial charge in [0.1, 0.15) is 13.2 Å². The predicted octanol–water partition coefficient (Wildman–Crippen LogP) is 1.38. The average Bonchev–Trinajstić information content (AvgIpc) is 2.29. The molecule has 1 heterocycles. The Morgan fingerprint density at radius 1 is 1.19 bits per heavy atom. The molecule has 1 N–H and O–H groups in total. The Labute approximate surface area is 95.5 Å². The number of carboxylic acid groups (broad SMARTS) is 1. The van der Waals surface area contributed by atoms with Crippen LogP contribution in [-0.4, -0.2) is 30.1 Å². The van der Waals surface area contributed by atoms with Crippen molar-refractivity contribution in [2.45, 2.75) is 0 Å². The van der Waals surface area contributed by atoms with Crippen molar-refractivity contribution < 1.29 is 24.2 Å². The van der Waals surface area contributed by atoms with E-state index in [1.807, 2.05) is 0 Å². The number of Topliss-reactive ketones (excluding diaryl/α,β-unsaturated/α-hetero) is 1. The summed E-state index contributed by atoms with van der Waals surface area (Å²) in [4.78, 5) is 21.9. The lowest BCUT2D eigenvalue weighted by atomic mass is 10.1. The van der Waals surface area contributed by atoms with E-state index in [-0.39, 0.29) is 28.7 Å². The molecular weight excluding hydrogens is 236 g/mol. The topological polar surface area (TPSA) is 72.8 Å². The molecule has 16 heavy (non-hydrogen) atoms. The van der Waals surface area contributed by atoms with Crippen molar-refractivity contribution in [2.75, 3.05) is 13.2 Å². The van der Waals surface area contributed by atoms with Gasteiger partial charge in [0.2, 0.25) is 0 Å². The van der Waals surface area contributed by atoms with Gasteiger partial charge in [-0.1, -0.05) is 11.6 Å². The number of fused-ring (bicyclic) bond motifs is 1. The van der Waals surface area contributed by atoms with Gasteiger partial charge in [0.25, 0.3) is 5.78 Å². The number of ketones is 1. The smallest absolute Gasteiger partial charge is 0.377 e. The minimum Gasteiger partial charge on any atom is -0.485 e. The SMILES string of the molecule is O=C(O)C(=O)c1ccc(Cl)c2c1OCCO2. The lowest BCUT2D eigenvalue weighted by Gasteiger charge is -2.20. The van der Waals surface area contributed by atoms with Crippen LogP contribution in [0.2, 0.25) is 5.02 Å². The van der Waals surface area contributed by atoms with Crippen LogP contribution >= 0.6 is 11.6 Å². The van der Waals surface area contributed by atoms with Crippen LogP contribution < -0.4 is 9.47 Å². The van der Waals surface area contributed by atoms with Crippen molar-refractivity contribution in [1.29, 1.82) is 0 Å². The molecule has 84 valence electrons. The molecule has 0 atom stereocenters. The molecule has 0 amide bonds. The first kappa shape index (κ1) is 10.8. The second-order valence-electron chi connectivity index (χ2n) is 3.08. The van der Waals surface area contributed by atoms with Gasteiger partial charge in [-0.25, -0.2) is 4.79 Å². The number of ether oxygens (including phenoxy) is 2. The molecule has 2 rings (SSSR count). The fraction of sp³-hybridized carbons (Fsp3) is 0.200. The number of aliphatic carboxylic acids is 1. The second-order valence-corrected chi connectivity index (χ2v) is 3.49. The summed E-state index contributed by atoms with van der Waals surface area (Å²) in [6.45, 7) is 0.574. The number of hydrogen-bond acceptors (Lipinski definition) is 4. The van der Waals surface area contributed by atoms with Gasteiger partial charge in [-0.15, -0.1) is 0 Å². The number of halogens is 1. The fourth-order valence-electron chi connectivity index (χ4n) is 1.40. The number of hydrogen-bond donors (Lipinski definition) is 1. The van der Waals surface area contributed by atoms with Crippen LogP contribution in [0.3, 0.4) is 0 Å². The first-order chi connectivity index (χ1) is 7.61. The van der Waals surface area contributed by atoms with E-state index >= 15 is 0 Å². The predicted molar refractivity (Wildman–Crippen MR) is 54.4 cm³/mol. The van der Waals surface area contributed by atoms with Crippen molar-refractivity contribution in [3.63, 3.8) is 0 Å². The zero-order valence-corrected chi connectivity index (χ0v) is 8.78. The molecule has 0 spiro atoms. The van der Waals surface area contributed by atoms with Gasteiger partial charge in [-0.2, -0.15) is 0 Å². The van der Waals surface area contributed by atoms with Crippen LogP contribution in [0.15, 0.2) is 12.1 Å². The van der Waals surface area contributed by atoms with Gasteiger partial charge in [0.05, 0.1) is 10.6 Å². The number of benzene rings is 1. The zero-order chi connectivity index (χ0) is 11.7. The van der Waals surface area contributed by atoms with Crippen molar-refractivity contribution in [3.05, 3.63) is 22.7 Å². The summed E-state index contributed by atoms with van der Waals surface area (Å²) in [5, 5.41) is 8.92. The molecule has 0 unspecified atom stereocenters. The third-order valence-electron chi connectivity index (χ3n) is 2.08. The summed E-state index contributed by atoms with van der Waals surface area (Å²) < 4.78 is 10.4. The molecule has 0 fully saturated rings. The van der Waals surface area contributed by atoms with E-state index in [0.29, 0.717) is 6.61 Å². The van der Waals surface area contributed by atoms with E-state index in [2.05, 4.69) is 0 Å². The van der Waals surface area contributed by atoms with E-state index in [4.69, 9.17) is 26.2 Å². The first-order valence-electron chi connectivity index (χ1n) is 4.47. The molecule has 1 aliphatic rings. The average molecular weight is 243 g/mol. The van der Waals surface area contributed by atoms with Crippen molar-refractivity contribution in [1.82, 2.24) is 0 Å². The number of rotatable bonds is 2. The maximum atomic E-state index is 11.3. The summed E-state index contributed by atoms with van der Waals surface area (Å²) in [5.74, 6) is -2.26.